The van der Waals surface area contributed by atoms with Crippen LogP contribution in [0.1, 0.15) is 5.01 Å². The molecule has 4 rings (SSSR count). The third-order valence-corrected chi connectivity index (χ3v) is 4.39. The molecule has 0 atom stereocenters. The molecule has 0 aliphatic heterocycles. The Hall–Kier alpha value is -2.39. The summed E-state index contributed by atoms with van der Waals surface area (Å²) in [6.07, 6.45) is 5.33. The lowest BCUT2D eigenvalue weighted by Gasteiger charge is -1.97. The van der Waals surface area contributed by atoms with E-state index in [1.165, 1.54) is 11.3 Å². The molecule has 0 spiro atoms. The Morgan fingerprint density at radius 1 is 1.10 bits per heavy atom. The molecule has 0 fully saturated rings. The minimum Gasteiger partial charge on any atom is -0.383 e. The van der Waals surface area contributed by atoms with E-state index < -0.39 is 0 Å². The third kappa shape index (κ3) is 2.26. The maximum atomic E-state index is 6.01. The van der Waals surface area contributed by atoms with Crippen molar-refractivity contribution in [2.75, 3.05) is 5.73 Å². The lowest BCUT2D eigenvalue weighted by molar-refractivity contribution is 0.689. The standard InChI is InChI=1S/C12H9N7S2/c13-9-7-5-19(6-8-14-1-3-20-8)18-10(7)17-11(16-9)12-15-2-4-21-12/h1-5H,6H2,(H2,13,16,17,18). The fourth-order valence-corrected chi connectivity index (χ4v) is 3.13. The molecule has 0 aliphatic carbocycles. The minimum atomic E-state index is 0.413. The number of rotatable bonds is 3. The van der Waals surface area contributed by atoms with E-state index in [4.69, 9.17) is 5.73 Å². The number of fused-ring (bicyclic) bond motifs is 1. The molecular formula is C12H9N7S2. The second-order valence-electron chi connectivity index (χ2n) is 4.26. The van der Waals surface area contributed by atoms with Gasteiger partial charge in [-0.3, -0.25) is 4.68 Å². The molecule has 21 heavy (non-hydrogen) atoms. The van der Waals surface area contributed by atoms with Crippen molar-refractivity contribution in [1.29, 1.82) is 0 Å². The Bertz CT molecular complexity index is 880. The van der Waals surface area contributed by atoms with Gasteiger partial charge in [-0.25, -0.2) is 19.9 Å². The van der Waals surface area contributed by atoms with E-state index in [-0.39, 0.29) is 0 Å². The van der Waals surface area contributed by atoms with Crippen LogP contribution in [-0.4, -0.2) is 29.7 Å². The second-order valence-corrected chi connectivity index (χ2v) is 6.13. The maximum absolute atomic E-state index is 6.01. The predicted octanol–water partition coefficient (Wildman–Crippen LogP) is 2.04. The van der Waals surface area contributed by atoms with Gasteiger partial charge in [0.05, 0.1) is 11.9 Å². The predicted molar refractivity (Wildman–Crippen MR) is 82.1 cm³/mol. The first-order valence-electron chi connectivity index (χ1n) is 6.08. The molecule has 0 aliphatic rings. The summed E-state index contributed by atoms with van der Waals surface area (Å²) >= 11 is 3.05. The van der Waals surface area contributed by atoms with Gasteiger partial charge >= 0.3 is 0 Å². The van der Waals surface area contributed by atoms with Crippen molar-refractivity contribution in [3.63, 3.8) is 0 Å². The van der Waals surface area contributed by atoms with E-state index >= 15 is 0 Å². The Morgan fingerprint density at radius 2 is 1.95 bits per heavy atom. The summed E-state index contributed by atoms with van der Waals surface area (Å²) in [6.45, 7) is 0.597. The summed E-state index contributed by atoms with van der Waals surface area (Å²) in [4.78, 5) is 17.2. The smallest absolute Gasteiger partial charge is 0.192 e. The summed E-state index contributed by atoms with van der Waals surface area (Å²) in [5.74, 6) is 0.921. The van der Waals surface area contributed by atoms with Crippen LogP contribution in [-0.2, 0) is 6.54 Å². The summed E-state index contributed by atoms with van der Waals surface area (Å²) < 4.78 is 1.78. The van der Waals surface area contributed by atoms with Crippen LogP contribution in [0.3, 0.4) is 0 Å². The van der Waals surface area contributed by atoms with Crippen LogP contribution in [0.2, 0.25) is 0 Å². The van der Waals surface area contributed by atoms with Gasteiger partial charge in [0.25, 0.3) is 0 Å². The molecule has 4 heterocycles. The Labute approximate surface area is 127 Å². The maximum Gasteiger partial charge on any atom is 0.192 e. The first-order chi connectivity index (χ1) is 10.3. The zero-order valence-corrected chi connectivity index (χ0v) is 12.3. The van der Waals surface area contributed by atoms with Gasteiger partial charge in [-0.2, -0.15) is 5.10 Å². The minimum absolute atomic E-state index is 0.413. The van der Waals surface area contributed by atoms with E-state index in [1.807, 2.05) is 17.0 Å². The Kier molecular flexibility index (Phi) is 2.86. The molecule has 104 valence electrons. The molecule has 0 radical (unpaired) electrons. The van der Waals surface area contributed by atoms with Crippen LogP contribution < -0.4 is 5.73 Å². The van der Waals surface area contributed by atoms with Gasteiger partial charge in [0.2, 0.25) is 0 Å². The van der Waals surface area contributed by atoms with Crippen LogP contribution in [0.5, 0.6) is 0 Å². The third-order valence-electron chi connectivity index (χ3n) is 2.86. The number of thiazole rings is 2. The van der Waals surface area contributed by atoms with Crippen molar-refractivity contribution in [3.8, 4) is 10.8 Å². The Balaban J connectivity index is 1.78. The largest absolute Gasteiger partial charge is 0.383 e. The number of aromatic nitrogens is 6. The zero-order valence-electron chi connectivity index (χ0n) is 10.7. The zero-order chi connectivity index (χ0) is 14.2. The molecule has 0 aromatic carbocycles. The lowest BCUT2D eigenvalue weighted by atomic mass is 10.4. The van der Waals surface area contributed by atoms with Gasteiger partial charge in [0.15, 0.2) is 16.5 Å². The average molecular weight is 315 g/mol. The molecule has 9 heteroatoms. The molecule has 0 saturated heterocycles. The molecule has 0 saturated carbocycles. The van der Waals surface area contributed by atoms with Crippen LogP contribution >= 0.6 is 22.7 Å². The second kappa shape index (κ2) is 4.86. The van der Waals surface area contributed by atoms with Crippen molar-refractivity contribution in [2.24, 2.45) is 0 Å². The number of nitrogen functional groups attached to an aromatic ring is 1. The highest BCUT2D eigenvalue weighted by atomic mass is 32.1. The number of nitrogens with two attached hydrogens (primary N) is 1. The number of hydrogen-bond donors (Lipinski definition) is 1. The van der Waals surface area contributed by atoms with E-state index in [0.717, 1.165) is 15.4 Å². The van der Waals surface area contributed by atoms with Crippen molar-refractivity contribution < 1.29 is 0 Å². The quantitative estimate of drug-likeness (QED) is 0.621. The Morgan fingerprint density at radius 3 is 2.71 bits per heavy atom. The van der Waals surface area contributed by atoms with Gasteiger partial charge in [-0.05, 0) is 0 Å². The molecule has 4 aromatic heterocycles. The lowest BCUT2D eigenvalue weighted by Crippen LogP contribution is -1.99. The van der Waals surface area contributed by atoms with Gasteiger partial charge in [0, 0.05) is 29.4 Å². The molecule has 7 nitrogen and oxygen atoms in total. The monoisotopic (exact) mass is 315 g/mol. The fraction of sp³-hybridized carbons (Fsp3) is 0.0833. The highest BCUT2D eigenvalue weighted by molar-refractivity contribution is 7.13. The molecule has 4 aromatic rings. The number of hydrogen-bond acceptors (Lipinski definition) is 8. The van der Waals surface area contributed by atoms with Crippen LogP contribution in [0, 0.1) is 0 Å². The molecular weight excluding hydrogens is 306 g/mol. The SMILES string of the molecule is Nc1nc(-c2nccs2)nc2nn(Cc3nccs3)cc12. The van der Waals surface area contributed by atoms with Crippen molar-refractivity contribution in [3.05, 3.63) is 34.4 Å². The van der Waals surface area contributed by atoms with E-state index in [0.29, 0.717) is 23.8 Å². The fourth-order valence-electron chi connectivity index (χ4n) is 1.95. The summed E-state index contributed by atoms with van der Waals surface area (Å²) in [5.41, 5.74) is 6.58. The van der Waals surface area contributed by atoms with E-state index in [1.54, 1.807) is 28.4 Å². The normalized spacial score (nSPS) is 11.2. The summed E-state index contributed by atoms with van der Waals surface area (Å²) in [5, 5.41) is 10.7. The first kappa shape index (κ1) is 12.4. The molecule has 2 N–H and O–H groups in total. The topological polar surface area (TPSA) is 95.4 Å². The van der Waals surface area contributed by atoms with Crippen molar-refractivity contribution >= 4 is 39.5 Å². The highest BCUT2D eigenvalue weighted by Crippen LogP contribution is 2.23. The summed E-state index contributed by atoms with van der Waals surface area (Å²) in [7, 11) is 0. The van der Waals surface area contributed by atoms with Crippen LogP contribution in [0.15, 0.2) is 29.4 Å². The van der Waals surface area contributed by atoms with Crippen LogP contribution in [0.4, 0.5) is 5.82 Å². The van der Waals surface area contributed by atoms with Gasteiger partial charge in [-0.15, -0.1) is 22.7 Å². The molecule has 0 bridgehead atoms. The van der Waals surface area contributed by atoms with Crippen molar-refractivity contribution in [1.82, 2.24) is 29.7 Å². The van der Waals surface area contributed by atoms with Crippen molar-refractivity contribution in [2.45, 2.75) is 6.54 Å². The number of anilines is 1. The van der Waals surface area contributed by atoms with Gasteiger partial charge in [-0.1, -0.05) is 0 Å². The van der Waals surface area contributed by atoms with Gasteiger partial charge in [0.1, 0.15) is 10.8 Å². The first-order valence-corrected chi connectivity index (χ1v) is 7.84. The summed E-state index contributed by atoms with van der Waals surface area (Å²) in [6, 6.07) is 0. The van der Waals surface area contributed by atoms with E-state index in [9.17, 15) is 0 Å². The number of nitrogens with zero attached hydrogens (tertiary/aromatic N) is 6. The van der Waals surface area contributed by atoms with Gasteiger partial charge < -0.3 is 5.73 Å². The average Bonchev–Trinajstić information content (AvgIpc) is 3.19. The molecule has 0 unspecified atom stereocenters. The van der Waals surface area contributed by atoms with E-state index in [2.05, 4.69) is 25.0 Å². The molecule has 0 amide bonds. The highest BCUT2D eigenvalue weighted by Gasteiger charge is 2.13. The van der Waals surface area contributed by atoms with Crippen LogP contribution in [0.25, 0.3) is 21.9 Å².